The van der Waals surface area contributed by atoms with Crippen LogP contribution in [0.25, 0.3) is 66.1 Å². The monoisotopic (exact) mass is 652 g/mol. The molecular formula is C41H19F3N6. The number of fused-ring (bicyclic) bond motifs is 6. The lowest BCUT2D eigenvalue weighted by atomic mass is 9.90. The van der Waals surface area contributed by atoms with Crippen molar-refractivity contribution in [2.75, 3.05) is 0 Å². The fraction of sp³-hybridized carbons (Fsp3) is 0.0244. The zero-order valence-corrected chi connectivity index (χ0v) is 25.8. The number of aromatic nitrogens is 2. The van der Waals surface area contributed by atoms with Gasteiger partial charge < -0.3 is 9.13 Å². The zero-order valence-electron chi connectivity index (χ0n) is 25.8. The number of nitriles is 4. The maximum atomic E-state index is 14.6. The second kappa shape index (κ2) is 11.1. The van der Waals surface area contributed by atoms with Gasteiger partial charge >= 0.3 is 6.18 Å². The van der Waals surface area contributed by atoms with Gasteiger partial charge in [0.15, 0.2) is 0 Å². The van der Waals surface area contributed by atoms with Gasteiger partial charge in [0.25, 0.3) is 0 Å². The minimum absolute atomic E-state index is 0.0726. The number of alkyl halides is 3. The van der Waals surface area contributed by atoms with Gasteiger partial charge in [-0.15, -0.1) is 0 Å². The van der Waals surface area contributed by atoms with E-state index in [0.29, 0.717) is 39.1 Å². The Morgan fingerprint density at radius 2 is 0.960 bits per heavy atom. The third-order valence-electron chi connectivity index (χ3n) is 9.08. The lowest BCUT2D eigenvalue weighted by Crippen LogP contribution is -2.10. The molecule has 0 aliphatic heterocycles. The molecule has 0 fully saturated rings. The molecule has 0 unspecified atom stereocenters. The third kappa shape index (κ3) is 4.40. The van der Waals surface area contributed by atoms with E-state index in [2.05, 4.69) is 18.2 Å². The molecule has 0 N–H and O–H groups in total. The Balaban J connectivity index is 1.63. The van der Waals surface area contributed by atoms with Crippen LogP contribution in [-0.4, -0.2) is 9.13 Å². The van der Waals surface area contributed by atoms with Gasteiger partial charge in [-0.2, -0.15) is 34.2 Å². The smallest absolute Gasteiger partial charge is 0.307 e. The van der Waals surface area contributed by atoms with Crippen LogP contribution in [0.4, 0.5) is 13.2 Å². The van der Waals surface area contributed by atoms with Gasteiger partial charge in [-0.3, -0.25) is 0 Å². The van der Waals surface area contributed by atoms with Crippen LogP contribution in [0.3, 0.4) is 0 Å². The highest BCUT2D eigenvalue weighted by atomic mass is 19.4. The first-order valence-electron chi connectivity index (χ1n) is 15.3. The van der Waals surface area contributed by atoms with E-state index >= 15 is 0 Å². The number of benzene rings is 6. The minimum Gasteiger partial charge on any atom is -0.307 e. The predicted molar refractivity (Wildman–Crippen MR) is 184 cm³/mol. The van der Waals surface area contributed by atoms with Crippen LogP contribution < -0.4 is 0 Å². The first kappa shape index (κ1) is 30.0. The van der Waals surface area contributed by atoms with Crippen LogP contribution in [-0.2, 0) is 6.18 Å². The fourth-order valence-corrected chi connectivity index (χ4v) is 7.01. The molecule has 0 atom stereocenters. The van der Waals surface area contributed by atoms with Crippen molar-refractivity contribution in [3.8, 4) is 46.8 Å². The Kier molecular flexibility index (Phi) is 6.69. The number of nitrogens with zero attached hydrogens (tertiary/aromatic N) is 6. The number of hydrogen-bond acceptors (Lipinski definition) is 4. The molecule has 234 valence electrons. The standard InChI is InChI=1S/C41H19F3N6/c42-41(43,44)33-9-5-6-26(22-47)40(33)32-19-39(50-35-11-4-2-8-29(35)31-15-13-25(21-46)17-37(31)50)38(18-27(32)23-48)49-34-10-3-1-7-28(34)30-14-12-24(20-45)16-36(30)49/h1-19H. The Morgan fingerprint density at radius 3 is 1.46 bits per heavy atom. The van der Waals surface area contributed by atoms with Gasteiger partial charge in [-0.1, -0.05) is 54.6 Å². The molecule has 0 radical (unpaired) electrons. The van der Waals surface area contributed by atoms with Gasteiger partial charge in [0.2, 0.25) is 0 Å². The highest BCUT2D eigenvalue weighted by Gasteiger charge is 2.36. The summed E-state index contributed by atoms with van der Waals surface area (Å²) in [5.41, 5.74) is 2.48. The van der Waals surface area contributed by atoms with E-state index in [1.54, 1.807) is 30.3 Å². The molecule has 0 bridgehead atoms. The van der Waals surface area contributed by atoms with E-state index in [1.807, 2.05) is 75.9 Å². The predicted octanol–water partition coefficient (Wildman–Crippen LogP) is 10.1. The van der Waals surface area contributed by atoms with Gasteiger partial charge in [-0.25, -0.2) is 0 Å². The summed E-state index contributed by atoms with van der Waals surface area (Å²) >= 11 is 0. The molecule has 8 rings (SSSR count). The topological polar surface area (TPSA) is 105 Å². The molecule has 50 heavy (non-hydrogen) atoms. The van der Waals surface area contributed by atoms with E-state index in [-0.39, 0.29) is 16.7 Å². The molecule has 2 aromatic heterocycles. The van der Waals surface area contributed by atoms with Crippen LogP contribution in [0.1, 0.15) is 27.8 Å². The van der Waals surface area contributed by atoms with E-state index < -0.39 is 17.3 Å². The van der Waals surface area contributed by atoms with Crippen LogP contribution in [0.15, 0.2) is 115 Å². The lowest BCUT2D eigenvalue weighted by molar-refractivity contribution is -0.137. The third-order valence-corrected chi connectivity index (χ3v) is 9.08. The van der Waals surface area contributed by atoms with Crippen molar-refractivity contribution in [3.05, 3.63) is 143 Å². The van der Waals surface area contributed by atoms with Gasteiger partial charge in [0, 0.05) is 32.7 Å². The maximum absolute atomic E-state index is 14.6. The van der Waals surface area contributed by atoms with E-state index in [0.717, 1.165) is 33.1 Å². The van der Waals surface area contributed by atoms with Crippen LogP contribution in [0.5, 0.6) is 0 Å². The highest BCUT2D eigenvalue weighted by Crippen LogP contribution is 2.44. The molecule has 8 aromatic rings. The summed E-state index contributed by atoms with van der Waals surface area (Å²) in [6.07, 6.45) is -4.83. The van der Waals surface area contributed by atoms with Crippen LogP contribution in [0.2, 0.25) is 0 Å². The summed E-state index contributed by atoms with van der Waals surface area (Å²) in [6, 6.07) is 40.6. The number of rotatable bonds is 3. The Bertz CT molecular complexity index is 2920. The van der Waals surface area contributed by atoms with Crippen molar-refractivity contribution in [2.45, 2.75) is 6.18 Å². The normalized spacial score (nSPS) is 11.4. The minimum atomic E-state index is -4.83. The average Bonchev–Trinajstić information content (AvgIpc) is 3.65. The van der Waals surface area contributed by atoms with Gasteiger partial charge in [0.1, 0.15) is 0 Å². The first-order valence-corrected chi connectivity index (χ1v) is 15.3. The Labute approximate surface area is 282 Å². The number of hydrogen-bond donors (Lipinski definition) is 0. The zero-order chi connectivity index (χ0) is 34.7. The van der Waals surface area contributed by atoms with Crippen LogP contribution in [0, 0.1) is 45.3 Å². The quantitative estimate of drug-likeness (QED) is 0.189. The second-order valence-electron chi connectivity index (χ2n) is 11.7. The molecule has 0 aliphatic carbocycles. The highest BCUT2D eigenvalue weighted by molar-refractivity contribution is 6.12. The summed E-state index contributed by atoms with van der Waals surface area (Å²) in [6.45, 7) is 0. The van der Waals surface area contributed by atoms with Crippen molar-refractivity contribution in [2.24, 2.45) is 0 Å². The fourth-order valence-electron chi connectivity index (χ4n) is 7.01. The Morgan fingerprint density at radius 1 is 0.460 bits per heavy atom. The van der Waals surface area contributed by atoms with Crippen molar-refractivity contribution in [1.29, 1.82) is 21.0 Å². The molecule has 0 spiro atoms. The van der Waals surface area contributed by atoms with Crippen molar-refractivity contribution in [1.82, 2.24) is 9.13 Å². The number of para-hydroxylation sites is 2. The maximum Gasteiger partial charge on any atom is 0.417 e. The summed E-state index contributed by atoms with van der Waals surface area (Å²) in [5.74, 6) is 0. The van der Waals surface area contributed by atoms with Crippen LogP contribution >= 0.6 is 0 Å². The average molecular weight is 653 g/mol. The molecule has 9 heteroatoms. The van der Waals surface area contributed by atoms with E-state index in [9.17, 15) is 34.2 Å². The van der Waals surface area contributed by atoms with Gasteiger partial charge in [-0.05, 0) is 60.7 Å². The molecule has 2 heterocycles. The summed E-state index contributed by atoms with van der Waals surface area (Å²) in [4.78, 5) is 0. The second-order valence-corrected chi connectivity index (χ2v) is 11.7. The summed E-state index contributed by atoms with van der Waals surface area (Å²) in [7, 11) is 0. The van der Waals surface area contributed by atoms with Gasteiger partial charge in [0.05, 0.1) is 85.5 Å². The van der Waals surface area contributed by atoms with E-state index in [4.69, 9.17) is 0 Å². The lowest BCUT2D eigenvalue weighted by Gasteiger charge is -2.21. The summed E-state index contributed by atoms with van der Waals surface area (Å²) < 4.78 is 47.7. The molecule has 0 saturated carbocycles. The largest absolute Gasteiger partial charge is 0.417 e. The summed E-state index contributed by atoms with van der Waals surface area (Å²) in [5, 5.41) is 43.7. The molecule has 0 amide bonds. The van der Waals surface area contributed by atoms with E-state index in [1.165, 1.54) is 18.2 Å². The van der Waals surface area contributed by atoms with Crippen molar-refractivity contribution in [3.63, 3.8) is 0 Å². The molecule has 6 nitrogen and oxygen atoms in total. The SMILES string of the molecule is N#Cc1ccc2c3ccccc3n(-c3cc(C#N)c(-c4c(C#N)cccc4C(F)(F)F)cc3-n3c4ccccc4c4ccc(C#N)cc43)c2c1. The first-order chi connectivity index (χ1) is 24.3. The molecule has 6 aromatic carbocycles. The van der Waals surface area contributed by atoms with Crippen molar-refractivity contribution < 1.29 is 13.2 Å². The molecular weight excluding hydrogens is 633 g/mol. The Hall–Kier alpha value is -7.33. The number of halogens is 3. The molecule has 0 saturated heterocycles. The molecule has 0 aliphatic rings. The van der Waals surface area contributed by atoms with Crippen molar-refractivity contribution >= 4 is 43.6 Å².